The molecule has 1 saturated carbocycles. The van der Waals surface area contributed by atoms with Crippen molar-refractivity contribution in [2.45, 2.75) is 19.3 Å². The van der Waals surface area contributed by atoms with Crippen molar-refractivity contribution in [3.05, 3.63) is 11.8 Å². The largest absolute Gasteiger partial charge is 0.475 e. The van der Waals surface area contributed by atoms with E-state index in [2.05, 4.69) is 4.74 Å². The standard InChI is InChI=1S/C7H10O3/c8-5-10-4-6-2-1-3-7(6)9/h4,8H,1-3,5H2. The van der Waals surface area contributed by atoms with Crippen molar-refractivity contribution in [2.24, 2.45) is 0 Å². The highest BCUT2D eigenvalue weighted by molar-refractivity contribution is 5.97. The van der Waals surface area contributed by atoms with E-state index in [1.54, 1.807) is 0 Å². The molecule has 0 aromatic rings. The Kier molecular flexibility index (Phi) is 2.45. The first kappa shape index (κ1) is 7.28. The lowest BCUT2D eigenvalue weighted by atomic mass is 10.2. The number of rotatable bonds is 2. The van der Waals surface area contributed by atoms with Crippen molar-refractivity contribution in [3.8, 4) is 0 Å². The molecule has 0 aliphatic heterocycles. The lowest BCUT2D eigenvalue weighted by Gasteiger charge is -1.94. The van der Waals surface area contributed by atoms with E-state index in [9.17, 15) is 4.79 Å². The number of aliphatic hydroxyl groups is 1. The van der Waals surface area contributed by atoms with Gasteiger partial charge in [-0.15, -0.1) is 0 Å². The molecule has 1 rings (SSSR count). The second-order valence-corrected chi connectivity index (χ2v) is 2.22. The first-order valence-corrected chi connectivity index (χ1v) is 3.29. The second-order valence-electron chi connectivity index (χ2n) is 2.22. The van der Waals surface area contributed by atoms with E-state index in [0.29, 0.717) is 12.0 Å². The summed E-state index contributed by atoms with van der Waals surface area (Å²) in [7, 11) is 0. The topological polar surface area (TPSA) is 46.5 Å². The summed E-state index contributed by atoms with van der Waals surface area (Å²) < 4.78 is 4.56. The number of hydrogen-bond acceptors (Lipinski definition) is 3. The SMILES string of the molecule is O=C1CCCC1=COCO. The lowest BCUT2D eigenvalue weighted by Crippen LogP contribution is -1.93. The molecule has 0 radical (unpaired) electrons. The fraction of sp³-hybridized carbons (Fsp3) is 0.571. The molecule has 3 heteroatoms. The van der Waals surface area contributed by atoms with Crippen LogP contribution in [0.15, 0.2) is 11.8 Å². The highest BCUT2D eigenvalue weighted by atomic mass is 16.6. The fourth-order valence-electron chi connectivity index (χ4n) is 1.00. The summed E-state index contributed by atoms with van der Waals surface area (Å²) in [4.78, 5) is 10.9. The molecule has 0 heterocycles. The maximum absolute atomic E-state index is 10.9. The summed E-state index contributed by atoms with van der Waals surface area (Å²) in [5.41, 5.74) is 0.703. The Hall–Kier alpha value is -0.830. The average molecular weight is 142 g/mol. The molecule has 10 heavy (non-hydrogen) atoms. The normalized spacial score (nSPS) is 22.1. The average Bonchev–Trinajstić information content (AvgIpc) is 2.31. The van der Waals surface area contributed by atoms with Gasteiger partial charge in [0.1, 0.15) is 0 Å². The molecule has 0 aromatic heterocycles. The zero-order chi connectivity index (χ0) is 7.40. The Balaban J connectivity index is 2.46. The maximum atomic E-state index is 10.9. The zero-order valence-electron chi connectivity index (χ0n) is 5.67. The van der Waals surface area contributed by atoms with E-state index in [4.69, 9.17) is 5.11 Å². The molecule has 0 atom stereocenters. The van der Waals surface area contributed by atoms with Gasteiger partial charge in [-0.1, -0.05) is 0 Å². The Bertz CT molecular complexity index is 160. The van der Waals surface area contributed by atoms with E-state index in [-0.39, 0.29) is 12.6 Å². The third-order valence-corrected chi connectivity index (χ3v) is 1.51. The van der Waals surface area contributed by atoms with Crippen LogP contribution in [0.5, 0.6) is 0 Å². The molecular weight excluding hydrogens is 132 g/mol. The number of ether oxygens (including phenoxy) is 1. The first-order valence-electron chi connectivity index (χ1n) is 3.29. The van der Waals surface area contributed by atoms with Gasteiger partial charge in [0.2, 0.25) is 0 Å². The van der Waals surface area contributed by atoms with Gasteiger partial charge >= 0.3 is 0 Å². The number of hydrogen-bond donors (Lipinski definition) is 1. The van der Waals surface area contributed by atoms with Crippen LogP contribution in [0.1, 0.15) is 19.3 Å². The summed E-state index contributed by atoms with van der Waals surface area (Å²) >= 11 is 0. The van der Waals surface area contributed by atoms with Crippen LogP contribution in [0, 0.1) is 0 Å². The highest BCUT2D eigenvalue weighted by Crippen LogP contribution is 2.19. The number of Topliss-reactive ketones (excluding diaryl/α,β-unsaturated/α-hetero) is 1. The quantitative estimate of drug-likeness (QED) is 0.348. The molecule has 0 amide bonds. The summed E-state index contributed by atoms with van der Waals surface area (Å²) in [6.45, 7) is -0.350. The van der Waals surface area contributed by atoms with Crippen LogP contribution in [0.4, 0.5) is 0 Å². The van der Waals surface area contributed by atoms with Crippen molar-refractivity contribution in [1.29, 1.82) is 0 Å². The Morgan fingerprint density at radius 3 is 2.90 bits per heavy atom. The zero-order valence-corrected chi connectivity index (χ0v) is 5.67. The van der Waals surface area contributed by atoms with E-state index in [1.165, 1.54) is 6.26 Å². The van der Waals surface area contributed by atoms with Gasteiger partial charge < -0.3 is 9.84 Å². The summed E-state index contributed by atoms with van der Waals surface area (Å²) in [6.07, 6.45) is 3.69. The molecule has 0 unspecified atom stereocenters. The van der Waals surface area contributed by atoms with Gasteiger partial charge in [-0.25, -0.2) is 0 Å². The molecule has 3 nitrogen and oxygen atoms in total. The molecule has 56 valence electrons. The smallest absolute Gasteiger partial charge is 0.185 e. The van der Waals surface area contributed by atoms with Crippen LogP contribution >= 0.6 is 0 Å². The van der Waals surface area contributed by atoms with Crippen LogP contribution in [0.2, 0.25) is 0 Å². The van der Waals surface area contributed by atoms with Gasteiger partial charge in [-0.3, -0.25) is 4.79 Å². The minimum atomic E-state index is -0.350. The van der Waals surface area contributed by atoms with E-state index in [0.717, 1.165) is 12.8 Å². The summed E-state index contributed by atoms with van der Waals surface area (Å²) in [5.74, 6) is 0.147. The highest BCUT2D eigenvalue weighted by Gasteiger charge is 2.16. The van der Waals surface area contributed by atoms with Gasteiger partial charge in [0.25, 0.3) is 0 Å². The molecular formula is C7H10O3. The monoisotopic (exact) mass is 142 g/mol. The van der Waals surface area contributed by atoms with Crippen molar-refractivity contribution in [3.63, 3.8) is 0 Å². The molecule has 0 aromatic carbocycles. The minimum absolute atomic E-state index is 0.147. The van der Waals surface area contributed by atoms with Crippen molar-refractivity contribution in [2.75, 3.05) is 6.79 Å². The van der Waals surface area contributed by atoms with Gasteiger partial charge in [0.15, 0.2) is 12.6 Å². The molecule has 0 spiro atoms. The van der Waals surface area contributed by atoms with E-state index in [1.807, 2.05) is 0 Å². The van der Waals surface area contributed by atoms with E-state index >= 15 is 0 Å². The van der Waals surface area contributed by atoms with E-state index < -0.39 is 0 Å². The first-order chi connectivity index (χ1) is 4.84. The molecule has 0 bridgehead atoms. The number of allylic oxidation sites excluding steroid dienone is 1. The predicted octanol–water partition coefficient (Wildman–Crippen LogP) is 0.590. The van der Waals surface area contributed by atoms with Crippen molar-refractivity contribution < 1.29 is 14.6 Å². The molecule has 1 aliphatic rings. The molecule has 0 saturated heterocycles. The number of ketones is 1. The fourth-order valence-corrected chi connectivity index (χ4v) is 1.00. The maximum Gasteiger partial charge on any atom is 0.185 e. The predicted molar refractivity (Wildman–Crippen MR) is 35.1 cm³/mol. The molecule has 1 aliphatic carbocycles. The lowest BCUT2D eigenvalue weighted by molar-refractivity contribution is -0.114. The summed E-state index contributed by atoms with van der Waals surface area (Å²) in [5, 5.41) is 8.23. The number of aliphatic hydroxyl groups excluding tert-OH is 1. The second kappa shape index (κ2) is 3.37. The third-order valence-electron chi connectivity index (χ3n) is 1.51. The number of carbonyl (C=O) groups excluding carboxylic acids is 1. The van der Waals surface area contributed by atoms with Crippen LogP contribution < -0.4 is 0 Å². The van der Waals surface area contributed by atoms with Gasteiger partial charge in [0, 0.05) is 12.0 Å². The van der Waals surface area contributed by atoms with Gasteiger partial charge in [-0.2, -0.15) is 0 Å². The van der Waals surface area contributed by atoms with Crippen LogP contribution in [0.3, 0.4) is 0 Å². The van der Waals surface area contributed by atoms with Crippen LogP contribution in [0.25, 0.3) is 0 Å². The Morgan fingerprint density at radius 1 is 1.60 bits per heavy atom. The third kappa shape index (κ3) is 1.57. The minimum Gasteiger partial charge on any atom is -0.475 e. The summed E-state index contributed by atoms with van der Waals surface area (Å²) in [6, 6.07) is 0. The van der Waals surface area contributed by atoms with Gasteiger partial charge in [-0.05, 0) is 12.8 Å². The Labute approximate surface area is 59.3 Å². The van der Waals surface area contributed by atoms with Crippen LogP contribution in [-0.2, 0) is 9.53 Å². The van der Waals surface area contributed by atoms with Crippen LogP contribution in [-0.4, -0.2) is 17.7 Å². The molecule has 1 N–H and O–H groups in total. The number of carbonyl (C=O) groups is 1. The van der Waals surface area contributed by atoms with Gasteiger partial charge in [0.05, 0.1) is 6.26 Å². The van der Waals surface area contributed by atoms with Crippen molar-refractivity contribution in [1.82, 2.24) is 0 Å². The van der Waals surface area contributed by atoms with Crippen molar-refractivity contribution >= 4 is 5.78 Å². The molecule has 1 fully saturated rings. The Morgan fingerprint density at radius 2 is 2.40 bits per heavy atom.